The highest BCUT2D eigenvalue weighted by atomic mass is 32.1. The van der Waals surface area contributed by atoms with Gasteiger partial charge in [0, 0.05) is 54.7 Å². The third-order valence-electron chi connectivity index (χ3n) is 20.4. The number of para-hydroxylation sites is 2. The van der Waals surface area contributed by atoms with E-state index in [1.807, 2.05) is 0 Å². The first-order valence-corrected chi connectivity index (χ1v) is 29.5. The Morgan fingerprint density at radius 1 is 0.461 bits per heavy atom. The van der Waals surface area contributed by atoms with Crippen molar-refractivity contribution in [1.82, 2.24) is 0 Å². The van der Waals surface area contributed by atoms with Crippen LogP contribution in [0, 0.1) is 0 Å². The minimum absolute atomic E-state index is 0.0110. The van der Waals surface area contributed by atoms with Crippen molar-refractivity contribution in [2.75, 3.05) is 14.7 Å². The highest BCUT2D eigenvalue weighted by Crippen LogP contribution is 2.63. The van der Waals surface area contributed by atoms with Gasteiger partial charge in [-0.1, -0.05) is 151 Å². The molecule has 1 aromatic heterocycles. The zero-order valence-corrected chi connectivity index (χ0v) is 48.4. The van der Waals surface area contributed by atoms with E-state index in [0.29, 0.717) is 0 Å². The molecule has 7 aromatic carbocycles. The molecule has 8 aromatic rings. The molecule has 2 atom stereocenters. The van der Waals surface area contributed by atoms with Crippen molar-refractivity contribution < 1.29 is 0 Å². The third-order valence-corrected chi connectivity index (χ3v) is 21.6. The van der Waals surface area contributed by atoms with Crippen molar-refractivity contribution in [3.05, 3.63) is 178 Å². The Morgan fingerprint density at radius 3 is 1.50 bits per heavy atom. The van der Waals surface area contributed by atoms with Gasteiger partial charge in [0.15, 0.2) is 0 Å². The molecule has 2 aliphatic heterocycles. The van der Waals surface area contributed by atoms with Crippen LogP contribution in [-0.4, -0.2) is 6.71 Å². The second-order valence-electron chi connectivity index (χ2n) is 28.5. The lowest BCUT2D eigenvalue weighted by Crippen LogP contribution is -2.60. The Labute approximate surface area is 458 Å². The summed E-state index contributed by atoms with van der Waals surface area (Å²) >= 11 is 2.08. The molecule has 3 heterocycles. The van der Waals surface area contributed by atoms with Gasteiger partial charge in [-0.05, 0) is 212 Å². The van der Waals surface area contributed by atoms with Gasteiger partial charge < -0.3 is 14.7 Å². The summed E-state index contributed by atoms with van der Waals surface area (Å²) in [5, 5.41) is 1.41. The molecular formula is C71H76BN3S. The van der Waals surface area contributed by atoms with Crippen LogP contribution in [0.3, 0.4) is 0 Å². The van der Waals surface area contributed by atoms with Crippen LogP contribution < -0.4 is 30.4 Å². The van der Waals surface area contributed by atoms with Crippen LogP contribution in [-0.2, 0) is 37.9 Å². The van der Waals surface area contributed by atoms with Gasteiger partial charge >= 0.3 is 0 Å². The normalized spacial score (nSPS) is 22.6. The quantitative estimate of drug-likeness (QED) is 0.159. The molecule has 2 bridgehead atoms. The molecule has 0 spiro atoms. The molecule has 0 saturated heterocycles. The second-order valence-corrected chi connectivity index (χ2v) is 29.6. The lowest BCUT2D eigenvalue weighted by Gasteiger charge is -2.46. The summed E-state index contributed by atoms with van der Waals surface area (Å²) in [4.78, 5) is 7.97. The smallest absolute Gasteiger partial charge is 0.264 e. The molecule has 5 heteroatoms. The molecule has 4 aliphatic carbocycles. The van der Waals surface area contributed by atoms with E-state index >= 15 is 0 Å². The third kappa shape index (κ3) is 6.91. The summed E-state index contributed by atoms with van der Waals surface area (Å²) in [5.74, 6) is 0. The second kappa shape index (κ2) is 15.8. The predicted octanol–water partition coefficient (Wildman–Crippen LogP) is 18.2. The number of rotatable bonds is 5. The van der Waals surface area contributed by atoms with Crippen LogP contribution in [0.2, 0.25) is 0 Å². The number of thiophene rings is 1. The number of benzene rings is 7. The van der Waals surface area contributed by atoms with Gasteiger partial charge in [-0.15, -0.1) is 11.3 Å². The average molecular weight is 1010 g/mol. The number of nitrogens with zero attached hydrogens (tertiary/aromatic N) is 3. The fraction of sp³-hybridized carbons (Fsp3) is 0.380. The Kier molecular flexibility index (Phi) is 10.1. The SMILES string of the molecule is CC(C)(C)c1ccc2c(c1)B1c3sc4cc5c(cc4c3N(c3ccc4c(c3)C(C)(C)CCC4(C)C)c3cc(N(c4ccccc4)c4ccccc4)cc(c31)N2c1ccc2c(c1)C(C)(C)CCC2(C)C)C1(C)CCC5(C)C1. The molecule has 0 N–H and O–H groups in total. The summed E-state index contributed by atoms with van der Waals surface area (Å²) < 4.78 is 2.88. The van der Waals surface area contributed by atoms with E-state index in [1.165, 1.54) is 126 Å². The monoisotopic (exact) mass is 1010 g/mol. The van der Waals surface area contributed by atoms with Gasteiger partial charge in [0.2, 0.25) is 0 Å². The topological polar surface area (TPSA) is 9.72 Å². The number of fused-ring (bicyclic) bond motifs is 13. The van der Waals surface area contributed by atoms with E-state index in [2.05, 4.69) is 256 Å². The first-order chi connectivity index (χ1) is 36.0. The molecular weight excluding hydrogens is 938 g/mol. The van der Waals surface area contributed by atoms with Crippen LogP contribution in [0.25, 0.3) is 10.1 Å². The fourth-order valence-corrected chi connectivity index (χ4v) is 17.1. The van der Waals surface area contributed by atoms with Crippen molar-refractivity contribution in [1.29, 1.82) is 0 Å². The van der Waals surface area contributed by atoms with Crippen molar-refractivity contribution in [3.8, 4) is 0 Å². The van der Waals surface area contributed by atoms with E-state index < -0.39 is 0 Å². The molecule has 0 amide bonds. The Morgan fingerprint density at radius 2 is 0.961 bits per heavy atom. The predicted molar refractivity (Wildman–Crippen MR) is 328 cm³/mol. The van der Waals surface area contributed by atoms with Gasteiger partial charge in [-0.25, -0.2) is 0 Å². The van der Waals surface area contributed by atoms with Crippen LogP contribution in [0.15, 0.2) is 140 Å². The fourth-order valence-electron chi connectivity index (χ4n) is 15.7. The van der Waals surface area contributed by atoms with Crippen LogP contribution in [0.1, 0.15) is 174 Å². The molecule has 14 rings (SSSR count). The molecule has 6 aliphatic rings. The Bertz CT molecular complexity index is 3700. The first kappa shape index (κ1) is 48.3. The zero-order valence-electron chi connectivity index (χ0n) is 47.6. The molecule has 0 radical (unpaired) electrons. The standard InChI is InChI=1S/C71H76BN3S/c1-65(2,3)44-24-29-58-57(36-44)72-62-59(74(58)47-25-27-51-53(37-47)68(8,9)32-30-66(51,4)5)39-49(73(45-20-16-14-17-21-45)46-22-18-15-19-23-46)40-60(62)75(48-26-28-52-54(38-48)69(10,11)33-31-67(52,6)7)63-50-41-55-56(42-61(50)76-64(63)72)71(13)35-34-70(55,12)43-71/h14-29,36-42H,30-35,43H2,1-13H3. The van der Waals surface area contributed by atoms with Crippen LogP contribution >= 0.6 is 11.3 Å². The lowest BCUT2D eigenvalue weighted by molar-refractivity contribution is 0.332. The van der Waals surface area contributed by atoms with E-state index in [1.54, 1.807) is 11.1 Å². The molecule has 1 fully saturated rings. The van der Waals surface area contributed by atoms with E-state index in [4.69, 9.17) is 0 Å². The minimum Gasteiger partial charge on any atom is -0.311 e. The molecule has 76 heavy (non-hydrogen) atoms. The minimum atomic E-state index is -0.0432. The van der Waals surface area contributed by atoms with E-state index in [-0.39, 0.29) is 44.6 Å². The maximum absolute atomic E-state index is 2.78. The summed E-state index contributed by atoms with van der Waals surface area (Å²) in [5.41, 5.74) is 25.1. The van der Waals surface area contributed by atoms with E-state index in [9.17, 15) is 0 Å². The Hall–Kier alpha value is -6.04. The molecule has 3 nitrogen and oxygen atoms in total. The number of anilines is 9. The van der Waals surface area contributed by atoms with Gasteiger partial charge in [-0.2, -0.15) is 0 Å². The summed E-state index contributed by atoms with van der Waals surface area (Å²) in [7, 11) is 0. The number of hydrogen-bond donors (Lipinski definition) is 0. The number of hydrogen-bond acceptors (Lipinski definition) is 4. The largest absolute Gasteiger partial charge is 0.311 e. The summed E-state index contributed by atoms with van der Waals surface area (Å²) in [6, 6.07) is 55.4. The maximum atomic E-state index is 2.78. The molecule has 1 saturated carbocycles. The van der Waals surface area contributed by atoms with Crippen molar-refractivity contribution in [3.63, 3.8) is 0 Å². The molecule has 2 unspecified atom stereocenters. The van der Waals surface area contributed by atoms with Crippen molar-refractivity contribution >= 4 is 95.0 Å². The van der Waals surface area contributed by atoms with Gasteiger partial charge in [0.05, 0.1) is 11.4 Å². The zero-order chi connectivity index (χ0) is 52.9. The highest BCUT2D eigenvalue weighted by Gasteiger charge is 2.54. The summed E-state index contributed by atoms with van der Waals surface area (Å²) in [6.07, 6.45) is 8.49. The van der Waals surface area contributed by atoms with E-state index in [0.717, 1.165) is 23.5 Å². The van der Waals surface area contributed by atoms with Gasteiger partial charge in [0.1, 0.15) is 0 Å². The van der Waals surface area contributed by atoms with Crippen LogP contribution in [0.4, 0.5) is 51.2 Å². The van der Waals surface area contributed by atoms with Gasteiger partial charge in [0.25, 0.3) is 6.71 Å². The van der Waals surface area contributed by atoms with Crippen LogP contribution in [0.5, 0.6) is 0 Å². The van der Waals surface area contributed by atoms with Crippen molar-refractivity contribution in [2.24, 2.45) is 0 Å². The van der Waals surface area contributed by atoms with Gasteiger partial charge in [-0.3, -0.25) is 0 Å². The molecule has 384 valence electrons. The Balaban J connectivity index is 1.14. The first-order valence-electron chi connectivity index (χ1n) is 28.7. The maximum Gasteiger partial charge on any atom is 0.264 e. The average Bonchev–Trinajstić information content (AvgIpc) is 4.10. The summed E-state index contributed by atoms with van der Waals surface area (Å²) in [6.45, 7) is 32.1. The highest BCUT2D eigenvalue weighted by molar-refractivity contribution is 7.33. The van der Waals surface area contributed by atoms with Crippen molar-refractivity contribution in [2.45, 2.75) is 173 Å². The lowest BCUT2D eigenvalue weighted by atomic mass is 9.36.